The molecule has 2 aromatic carbocycles. The van der Waals surface area contributed by atoms with Gasteiger partial charge in [-0.15, -0.1) is 0 Å². The highest BCUT2D eigenvalue weighted by molar-refractivity contribution is 5.78. The van der Waals surface area contributed by atoms with Crippen molar-refractivity contribution < 1.29 is 9.53 Å². The van der Waals surface area contributed by atoms with E-state index in [0.717, 1.165) is 43.2 Å². The Morgan fingerprint density at radius 3 is 2.29 bits per heavy atom. The maximum Gasteiger partial charge on any atom is 0.234 e. The normalized spacial score (nSPS) is 16.1. The Morgan fingerprint density at radius 1 is 1.00 bits per heavy atom. The number of rotatable bonds is 7. The van der Waals surface area contributed by atoms with Crippen LogP contribution in [0, 0.1) is 5.92 Å². The molecule has 0 aliphatic carbocycles. The van der Waals surface area contributed by atoms with Crippen molar-refractivity contribution in [2.45, 2.75) is 19.9 Å². The topological polar surface area (TPSA) is 44.8 Å². The maximum absolute atomic E-state index is 12.7. The van der Waals surface area contributed by atoms with Crippen LogP contribution in [0.2, 0.25) is 0 Å². The van der Waals surface area contributed by atoms with Crippen molar-refractivity contribution in [1.29, 1.82) is 0 Å². The predicted molar refractivity (Wildman–Crippen MR) is 114 cm³/mol. The third-order valence-corrected chi connectivity index (χ3v) is 5.31. The molecule has 5 nitrogen and oxygen atoms in total. The summed E-state index contributed by atoms with van der Waals surface area (Å²) in [6.45, 7) is 8.23. The molecular formula is C23H31N3O2. The third kappa shape index (κ3) is 5.04. The zero-order chi connectivity index (χ0) is 19.9. The zero-order valence-corrected chi connectivity index (χ0v) is 17.1. The van der Waals surface area contributed by atoms with Gasteiger partial charge >= 0.3 is 0 Å². The summed E-state index contributed by atoms with van der Waals surface area (Å²) in [7, 11) is 1.71. The van der Waals surface area contributed by atoms with E-state index in [0.29, 0.717) is 12.5 Å². The molecule has 1 unspecified atom stereocenters. The van der Waals surface area contributed by atoms with Gasteiger partial charge in [-0.3, -0.25) is 9.69 Å². The van der Waals surface area contributed by atoms with Gasteiger partial charge in [0.15, 0.2) is 0 Å². The molecule has 5 heteroatoms. The van der Waals surface area contributed by atoms with Crippen molar-refractivity contribution in [3.05, 3.63) is 60.2 Å². The number of hydrogen-bond acceptors (Lipinski definition) is 4. The number of amides is 1. The van der Waals surface area contributed by atoms with Crippen LogP contribution in [0.5, 0.6) is 5.75 Å². The summed E-state index contributed by atoms with van der Waals surface area (Å²) in [5.74, 6) is 1.33. The summed E-state index contributed by atoms with van der Waals surface area (Å²) in [4.78, 5) is 17.2. The Bertz CT molecular complexity index is 755. The molecule has 2 aromatic rings. The quantitative estimate of drug-likeness (QED) is 0.799. The van der Waals surface area contributed by atoms with E-state index in [9.17, 15) is 4.79 Å². The van der Waals surface area contributed by atoms with Crippen LogP contribution in [-0.2, 0) is 4.79 Å². The molecule has 0 bridgehead atoms. The average Bonchev–Trinajstić information content (AvgIpc) is 2.73. The number of nitrogens with zero attached hydrogens (tertiary/aromatic N) is 2. The number of hydrogen-bond donors (Lipinski definition) is 1. The highest BCUT2D eigenvalue weighted by atomic mass is 16.5. The van der Waals surface area contributed by atoms with Gasteiger partial charge in [-0.05, 0) is 23.6 Å². The number of nitrogens with one attached hydrogen (secondary N) is 1. The van der Waals surface area contributed by atoms with E-state index in [1.54, 1.807) is 7.11 Å². The predicted octanol–water partition coefficient (Wildman–Crippen LogP) is 3.33. The number of para-hydroxylation sites is 2. The third-order valence-electron chi connectivity index (χ3n) is 5.31. The lowest BCUT2D eigenvalue weighted by molar-refractivity contribution is -0.123. The molecule has 150 valence electrons. The average molecular weight is 382 g/mol. The molecule has 28 heavy (non-hydrogen) atoms. The Morgan fingerprint density at radius 2 is 1.64 bits per heavy atom. The molecule has 3 rings (SSSR count). The molecule has 1 aliphatic rings. The summed E-state index contributed by atoms with van der Waals surface area (Å²) in [6, 6.07) is 18.4. The lowest BCUT2D eigenvalue weighted by Crippen LogP contribution is -2.50. The monoisotopic (exact) mass is 381 g/mol. The minimum Gasteiger partial charge on any atom is -0.495 e. The molecule has 1 aliphatic heterocycles. The fourth-order valence-corrected chi connectivity index (χ4v) is 3.76. The lowest BCUT2D eigenvalue weighted by atomic mass is 9.96. The zero-order valence-electron chi connectivity index (χ0n) is 17.1. The van der Waals surface area contributed by atoms with Crippen LogP contribution < -0.4 is 15.0 Å². The molecule has 1 saturated heterocycles. The van der Waals surface area contributed by atoms with Gasteiger partial charge in [0, 0.05) is 26.2 Å². The minimum absolute atomic E-state index is 0.0450. The number of carbonyl (C=O) groups is 1. The maximum atomic E-state index is 12.7. The first kappa shape index (κ1) is 20.2. The van der Waals surface area contributed by atoms with Gasteiger partial charge in [-0.1, -0.05) is 56.3 Å². The van der Waals surface area contributed by atoms with Crippen LogP contribution in [0.4, 0.5) is 5.69 Å². The van der Waals surface area contributed by atoms with E-state index < -0.39 is 0 Å². The van der Waals surface area contributed by atoms with Crippen LogP contribution in [0.1, 0.15) is 25.5 Å². The number of carbonyl (C=O) groups excluding carboxylic acids is 1. The number of anilines is 1. The molecule has 1 fully saturated rings. The SMILES string of the molecule is COc1ccccc1N1CCN(CC(=O)NC(c2ccccc2)C(C)C)CC1. The Labute approximate surface area is 168 Å². The van der Waals surface area contributed by atoms with Crippen molar-refractivity contribution in [2.75, 3.05) is 44.7 Å². The highest BCUT2D eigenvalue weighted by Gasteiger charge is 2.23. The van der Waals surface area contributed by atoms with Crippen LogP contribution in [0.3, 0.4) is 0 Å². The summed E-state index contributed by atoms with van der Waals surface area (Å²) in [5, 5.41) is 3.23. The van der Waals surface area contributed by atoms with Crippen molar-refractivity contribution in [1.82, 2.24) is 10.2 Å². The van der Waals surface area contributed by atoms with Gasteiger partial charge in [-0.25, -0.2) is 0 Å². The number of benzene rings is 2. The van der Waals surface area contributed by atoms with E-state index >= 15 is 0 Å². The van der Waals surface area contributed by atoms with Crippen molar-refractivity contribution >= 4 is 11.6 Å². The molecular weight excluding hydrogens is 350 g/mol. The van der Waals surface area contributed by atoms with Crippen molar-refractivity contribution in [3.63, 3.8) is 0 Å². The second kappa shape index (κ2) is 9.60. The van der Waals surface area contributed by atoms with E-state index in [2.05, 4.69) is 47.2 Å². The van der Waals surface area contributed by atoms with E-state index in [-0.39, 0.29) is 11.9 Å². The fourth-order valence-electron chi connectivity index (χ4n) is 3.76. The smallest absolute Gasteiger partial charge is 0.234 e. The largest absolute Gasteiger partial charge is 0.495 e. The first-order valence-corrected chi connectivity index (χ1v) is 10.0. The molecule has 1 heterocycles. The van der Waals surface area contributed by atoms with E-state index in [4.69, 9.17) is 4.74 Å². The lowest BCUT2D eigenvalue weighted by Gasteiger charge is -2.36. The first-order valence-electron chi connectivity index (χ1n) is 10.0. The van der Waals surface area contributed by atoms with Gasteiger partial charge in [0.1, 0.15) is 5.75 Å². The second-order valence-electron chi connectivity index (χ2n) is 7.63. The van der Waals surface area contributed by atoms with Gasteiger partial charge in [-0.2, -0.15) is 0 Å². The summed E-state index contributed by atoms with van der Waals surface area (Å²) >= 11 is 0. The van der Waals surface area contributed by atoms with Gasteiger partial charge in [0.2, 0.25) is 5.91 Å². The number of piperazine rings is 1. The van der Waals surface area contributed by atoms with Gasteiger partial charge < -0.3 is 15.0 Å². The van der Waals surface area contributed by atoms with Crippen molar-refractivity contribution in [2.24, 2.45) is 5.92 Å². The minimum atomic E-state index is 0.0450. The Balaban J connectivity index is 1.53. The Hall–Kier alpha value is -2.53. The summed E-state index contributed by atoms with van der Waals surface area (Å²) in [6.07, 6.45) is 0. The fraction of sp³-hybridized carbons (Fsp3) is 0.435. The molecule has 0 radical (unpaired) electrons. The molecule has 1 N–H and O–H groups in total. The molecule has 0 spiro atoms. The van der Waals surface area contributed by atoms with Crippen LogP contribution in [0.15, 0.2) is 54.6 Å². The summed E-state index contributed by atoms with van der Waals surface area (Å²) < 4.78 is 5.48. The Kier molecular flexibility index (Phi) is 6.93. The molecule has 0 aromatic heterocycles. The van der Waals surface area contributed by atoms with Gasteiger partial charge in [0.05, 0.1) is 25.4 Å². The molecule has 0 saturated carbocycles. The number of methoxy groups -OCH3 is 1. The van der Waals surface area contributed by atoms with Crippen LogP contribution in [-0.4, -0.2) is 50.6 Å². The molecule has 1 atom stereocenters. The standard InChI is InChI=1S/C23H31N3O2/c1-18(2)23(19-9-5-4-6-10-19)24-22(27)17-25-13-15-26(16-14-25)20-11-7-8-12-21(20)28-3/h4-12,18,23H,13-17H2,1-3H3,(H,24,27). The first-order chi connectivity index (χ1) is 13.6. The molecule has 1 amide bonds. The second-order valence-corrected chi connectivity index (χ2v) is 7.63. The van der Waals surface area contributed by atoms with E-state index in [1.807, 2.05) is 36.4 Å². The van der Waals surface area contributed by atoms with Crippen molar-refractivity contribution in [3.8, 4) is 5.75 Å². The highest BCUT2D eigenvalue weighted by Crippen LogP contribution is 2.28. The van der Waals surface area contributed by atoms with Crippen LogP contribution >= 0.6 is 0 Å². The summed E-state index contributed by atoms with van der Waals surface area (Å²) in [5.41, 5.74) is 2.28. The number of ether oxygens (including phenoxy) is 1. The van der Waals surface area contributed by atoms with Gasteiger partial charge in [0.25, 0.3) is 0 Å². The van der Waals surface area contributed by atoms with E-state index in [1.165, 1.54) is 0 Å². The van der Waals surface area contributed by atoms with Crippen LogP contribution in [0.25, 0.3) is 0 Å².